The molecule has 0 aromatic rings. The first kappa shape index (κ1) is 14.9. The Bertz CT molecular complexity index is 446. The van der Waals surface area contributed by atoms with Crippen molar-refractivity contribution in [1.82, 2.24) is 0 Å². The summed E-state index contributed by atoms with van der Waals surface area (Å²) in [4.78, 5) is 11.7. The van der Waals surface area contributed by atoms with Crippen LogP contribution in [0.4, 0.5) is 0 Å². The number of hydrogen-bond donors (Lipinski definition) is 0. The van der Waals surface area contributed by atoms with E-state index in [1.807, 2.05) is 0 Å². The minimum Gasteiger partial charge on any atom is -0.344 e. The summed E-state index contributed by atoms with van der Waals surface area (Å²) < 4.78 is 6.20. The average molecular weight is 318 g/mol. The van der Waals surface area contributed by atoms with Gasteiger partial charge in [0.25, 0.3) is 0 Å². The Balaban J connectivity index is 1.28. The Morgan fingerprint density at radius 1 is 0.870 bits per heavy atom. The first-order chi connectivity index (χ1) is 11.2. The fourth-order valence-corrected chi connectivity index (χ4v) is 6.75. The van der Waals surface area contributed by atoms with Gasteiger partial charge in [0.05, 0.1) is 6.61 Å². The van der Waals surface area contributed by atoms with Crippen LogP contribution in [0.2, 0.25) is 0 Å². The fourth-order valence-electron chi connectivity index (χ4n) is 6.75. The zero-order valence-electron chi connectivity index (χ0n) is 14.2. The Labute approximate surface area is 139 Å². The van der Waals surface area contributed by atoms with Crippen molar-refractivity contribution >= 4 is 0 Å². The van der Waals surface area contributed by atoms with Gasteiger partial charge in [-0.25, -0.2) is 9.78 Å². The van der Waals surface area contributed by atoms with Crippen molar-refractivity contribution in [2.75, 3.05) is 6.61 Å². The van der Waals surface area contributed by atoms with E-state index in [1.165, 1.54) is 63.4 Å². The SMILES string of the molecule is C=C(C1COC2(CCCCC2)OO1)C12CC3CC(CC(C3)C1)C2. The molecule has 1 saturated heterocycles. The minimum absolute atomic E-state index is 0.0567. The molecule has 128 valence electrons. The molecule has 1 heterocycles. The first-order valence-corrected chi connectivity index (χ1v) is 9.84. The van der Waals surface area contributed by atoms with Gasteiger partial charge in [-0.1, -0.05) is 13.0 Å². The summed E-state index contributed by atoms with van der Waals surface area (Å²) in [5.41, 5.74) is 1.60. The molecule has 0 aromatic heterocycles. The van der Waals surface area contributed by atoms with E-state index in [0.29, 0.717) is 12.0 Å². The van der Waals surface area contributed by atoms with Crippen molar-refractivity contribution in [1.29, 1.82) is 0 Å². The smallest absolute Gasteiger partial charge is 0.201 e. The highest BCUT2D eigenvalue weighted by Gasteiger charge is 2.54. The quantitative estimate of drug-likeness (QED) is 0.542. The number of hydrogen-bond acceptors (Lipinski definition) is 3. The van der Waals surface area contributed by atoms with E-state index in [9.17, 15) is 0 Å². The lowest BCUT2D eigenvalue weighted by Gasteiger charge is -2.58. The minimum atomic E-state index is -0.448. The molecule has 6 rings (SSSR count). The van der Waals surface area contributed by atoms with Crippen LogP contribution < -0.4 is 0 Å². The molecule has 23 heavy (non-hydrogen) atoms. The second-order valence-electron chi connectivity index (χ2n) is 9.17. The van der Waals surface area contributed by atoms with E-state index >= 15 is 0 Å². The van der Waals surface area contributed by atoms with Crippen molar-refractivity contribution in [3.05, 3.63) is 12.2 Å². The maximum absolute atomic E-state index is 6.20. The van der Waals surface area contributed by atoms with Gasteiger partial charge in [-0.05, 0) is 80.1 Å². The van der Waals surface area contributed by atoms with Crippen LogP contribution in [0, 0.1) is 23.2 Å². The van der Waals surface area contributed by atoms with Gasteiger partial charge in [0.15, 0.2) is 0 Å². The third kappa shape index (κ3) is 2.42. The van der Waals surface area contributed by atoms with E-state index in [0.717, 1.165) is 30.6 Å². The molecule has 0 radical (unpaired) electrons. The summed E-state index contributed by atoms with van der Waals surface area (Å²) in [6.07, 6.45) is 14.0. The monoisotopic (exact) mass is 318 g/mol. The molecule has 5 aliphatic carbocycles. The molecule has 3 heteroatoms. The van der Waals surface area contributed by atoms with Crippen LogP contribution in [-0.4, -0.2) is 18.5 Å². The Hall–Kier alpha value is -0.380. The summed E-state index contributed by atoms with van der Waals surface area (Å²) in [5, 5.41) is 0. The van der Waals surface area contributed by atoms with Crippen molar-refractivity contribution in [2.45, 2.75) is 82.5 Å². The number of rotatable bonds is 2. The second-order valence-corrected chi connectivity index (χ2v) is 9.17. The van der Waals surface area contributed by atoms with E-state index in [1.54, 1.807) is 0 Å². The molecule has 1 atom stereocenters. The topological polar surface area (TPSA) is 27.7 Å². The van der Waals surface area contributed by atoms with Gasteiger partial charge in [0.2, 0.25) is 5.79 Å². The summed E-state index contributed by atoms with van der Waals surface area (Å²) in [5.74, 6) is 2.37. The third-order valence-electron chi connectivity index (χ3n) is 7.54. The van der Waals surface area contributed by atoms with Crippen LogP contribution in [0.3, 0.4) is 0 Å². The third-order valence-corrected chi connectivity index (χ3v) is 7.54. The standard InChI is InChI=1S/C20H30O3/c1-14(18-13-21-20(23-22-18)5-3-2-4-6-20)19-10-15-7-16(11-19)9-17(8-15)12-19/h15-18H,1-13H2. The highest BCUT2D eigenvalue weighted by molar-refractivity contribution is 5.22. The summed E-state index contributed by atoms with van der Waals surface area (Å²) >= 11 is 0. The zero-order valence-corrected chi connectivity index (χ0v) is 14.2. The molecule has 1 spiro atoms. The molecule has 0 N–H and O–H groups in total. The van der Waals surface area contributed by atoms with Gasteiger partial charge >= 0.3 is 0 Å². The van der Waals surface area contributed by atoms with Gasteiger partial charge in [-0.15, -0.1) is 0 Å². The van der Waals surface area contributed by atoms with Crippen molar-refractivity contribution in [3.8, 4) is 0 Å². The lowest BCUT2D eigenvalue weighted by molar-refractivity contribution is -0.487. The molecule has 1 aliphatic heterocycles. The largest absolute Gasteiger partial charge is 0.344 e. The van der Waals surface area contributed by atoms with E-state index < -0.39 is 5.79 Å². The maximum atomic E-state index is 6.20. The van der Waals surface area contributed by atoms with Gasteiger partial charge in [0.1, 0.15) is 6.10 Å². The normalized spacial score (nSPS) is 47.8. The average Bonchev–Trinajstić information content (AvgIpc) is 2.54. The predicted octanol–water partition coefficient (Wildman–Crippen LogP) is 4.77. The molecule has 4 bridgehead atoms. The van der Waals surface area contributed by atoms with E-state index in [-0.39, 0.29) is 6.10 Å². The van der Waals surface area contributed by atoms with Gasteiger partial charge in [-0.2, -0.15) is 0 Å². The van der Waals surface area contributed by atoms with Crippen LogP contribution in [0.5, 0.6) is 0 Å². The fraction of sp³-hybridized carbons (Fsp3) is 0.900. The molecule has 0 amide bonds. The highest BCUT2D eigenvalue weighted by atomic mass is 17.2. The molecule has 0 aromatic carbocycles. The molecule has 6 fully saturated rings. The van der Waals surface area contributed by atoms with Gasteiger partial charge in [-0.3, -0.25) is 0 Å². The van der Waals surface area contributed by atoms with E-state index in [2.05, 4.69) is 6.58 Å². The summed E-state index contributed by atoms with van der Waals surface area (Å²) in [6, 6.07) is 0. The first-order valence-electron chi connectivity index (χ1n) is 9.84. The van der Waals surface area contributed by atoms with Crippen molar-refractivity contribution in [3.63, 3.8) is 0 Å². The van der Waals surface area contributed by atoms with Crippen LogP contribution >= 0.6 is 0 Å². The summed E-state index contributed by atoms with van der Waals surface area (Å²) in [7, 11) is 0. The molecule has 6 aliphatic rings. The lowest BCUT2D eigenvalue weighted by atomic mass is 9.47. The lowest BCUT2D eigenvalue weighted by Crippen LogP contribution is -2.52. The Morgan fingerprint density at radius 2 is 1.48 bits per heavy atom. The summed E-state index contributed by atoms with van der Waals surface area (Å²) in [6.45, 7) is 5.16. The van der Waals surface area contributed by atoms with Crippen LogP contribution in [-0.2, 0) is 14.5 Å². The van der Waals surface area contributed by atoms with E-state index in [4.69, 9.17) is 14.5 Å². The highest BCUT2D eigenvalue weighted by Crippen LogP contribution is 2.63. The molecule has 5 saturated carbocycles. The second kappa shape index (κ2) is 5.31. The molecule has 1 unspecified atom stereocenters. The molecule has 3 nitrogen and oxygen atoms in total. The Morgan fingerprint density at radius 3 is 2.00 bits per heavy atom. The van der Waals surface area contributed by atoms with Crippen LogP contribution in [0.15, 0.2) is 12.2 Å². The Kier molecular flexibility index (Phi) is 3.44. The predicted molar refractivity (Wildman–Crippen MR) is 87.5 cm³/mol. The van der Waals surface area contributed by atoms with Gasteiger partial charge < -0.3 is 4.74 Å². The van der Waals surface area contributed by atoms with Crippen LogP contribution in [0.25, 0.3) is 0 Å². The van der Waals surface area contributed by atoms with Crippen molar-refractivity contribution in [2.24, 2.45) is 23.2 Å². The molecular weight excluding hydrogens is 288 g/mol. The molecular formula is C20H30O3. The van der Waals surface area contributed by atoms with Gasteiger partial charge in [0, 0.05) is 12.8 Å². The zero-order chi connectivity index (χ0) is 15.5. The van der Waals surface area contributed by atoms with Crippen molar-refractivity contribution < 1.29 is 14.5 Å². The number of ether oxygens (including phenoxy) is 1. The maximum Gasteiger partial charge on any atom is 0.201 e. The van der Waals surface area contributed by atoms with Crippen LogP contribution in [0.1, 0.15) is 70.6 Å².